The number of nitrogens with zero attached hydrogens (tertiary/aromatic N) is 2. The normalized spacial score (nSPS) is 12.0. The molecule has 1 aromatic heterocycles. The molecule has 0 aliphatic heterocycles. The molecule has 2 aromatic carbocycles. The number of aromatic hydroxyl groups is 1. The van der Waals surface area contributed by atoms with Crippen LogP contribution in [0.4, 0.5) is 0 Å². The topological polar surface area (TPSA) is 117 Å². The molecule has 0 saturated carbocycles. The maximum absolute atomic E-state index is 13.5. The maximum atomic E-state index is 13.5. The number of ether oxygens (including phenoxy) is 1. The second-order valence-electron chi connectivity index (χ2n) is 8.89. The first-order valence-electron chi connectivity index (χ1n) is 10.6. The highest BCUT2D eigenvalue weighted by Crippen LogP contribution is 2.29. The van der Waals surface area contributed by atoms with Crippen LogP contribution in [-0.2, 0) is 33.3 Å². The molecular formula is C25H28N2O6S. The van der Waals surface area contributed by atoms with Crippen LogP contribution in [0, 0.1) is 0 Å². The van der Waals surface area contributed by atoms with Gasteiger partial charge in [0.05, 0.1) is 0 Å². The number of aromatic nitrogens is 1. The third-order valence-corrected chi connectivity index (χ3v) is 6.96. The Hall–Kier alpha value is -3.43. The highest BCUT2D eigenvalue weighted by atomic mass is 32.2. The summed E-state index contributed by atoms with van der Waals surface area (Å²) >= 11 is 0. The molecule has 0 amide bonds. The van der Waals surface area contributed by atoms with E-state index in [1.165, 1.54) is 34.9 Å². The molecule has 0 aliphatic rings. The molecule has 3 rings (SSSR count). The Morgan fingerprint density at radius 2 is 1.68 bits per heavy atom. The molecule has 34 heavy (non-hydrogen) atoms. The third kappa shape index (κ3) is 6.33. The van der Waals surface area contributed by atoms with Crippen molar-refractivity contribution in [1.82, 2.24) is 9.29 Å². The first-order chi connectivity index (χ1) is 16.0. The van der Waals surface area contributed by atoms with Crippen molar-refractivity contribution in [3.05, 3.63) is 83.7 Å². The third-order valence-electron chi connectivity index (χ3n) is 5.19. The summed E-state index contributed by atoms with van der Waals surface area (Å²) in [6.07, 6.45) is 2.80. The van der Waals surface area contributed by atoms with Crippen LogP contribution in [-0.4, -0.2) is 40.5 Å². The summed E-state index contributed by atoms with van der Waals surface area (Å²) in [7, 11) is -3.91. The molecule has 0 bridgehead atoms. The molecule has 0 unspecified atom stereocenters. The lowest BCUT2D eigenvalue weighted by atomic mass is 9.87. The van der Waals surface area contributed by atoms with Gasteiger partial charge >= 0.3 is 5.97 Å². The summed E-state index contributed by atoms with van der Waals surface area (Å²) in [6, 6.07) is 15.2. The molecule has 0 radical (unpaired) electrons. The Morgan fingerprint density at radius 1 is 1.03 bits per heavy atom. The number of phenols is 1. The van der Waals surface area contributed by atoms with Gasteiger partial charge in [-0.3, -0.25) is 4.98 Å². The monoisotopic (exact) mass is 484 g/mol. The lowest BCUT2D eigenvalue weighted by molar-refractivity contribution is -0.139. The SMILES string of the molecule is CC(C)(C)c1ccc(CN(Cc2ccc(O)c(OCC(=O)O)c2)S(=O)(=O)c2cccnc2)cc1. The fraction of sp³-hybridized carbons (Fsp3) is 0.280. The highest BCUT2D eigenvalue weighted by Gasteiger charge is 2.26. The summed E-state index contributed by atoms with van der Waals surface area (Å²) in [4.78, 5) is 14.8. The van der Waals surface area contributed by atoms with E-state index in [1.54, 1.807) is 12.1 Å². The number of pyridine rings is 1. The van der Waals surface area contributed by atoms with Crippen molar-refractivity contribution in [2.75, 3.05) is 6.61 Å². The number of benzene rings is 2. The van der Waals surface area contributed by atoms with E-state index in [0.29, 0.717) is 5.56 Å². The van der Waals surface area contributed by atoms with Crippen molar-refractivity contribution in [3.63, 3.8) is 0 Å². The van der Waals surface area contributed by atoms with Crippen LogP contribution in [0.5, 0.6) is 11.5 Å². The van der Waals surface area contributed by atoms with Gasteiger partial charge in [-0.2, -0.15) is 4.31 Å². The number of carboxylic acid groups (broad SMARTS) is 1. The number of hydrogen-bond donors (Lipinski definition) is 2. The summed E-state index contributed by atoms with van der Waals surface area (Å²) in [6.45, 7) is 5.77. The largest absolute Gasteiger partial charge is 0.504 e. The minimum absolute atomic E-state index is 0.0258. The zero-order valence-corrected chi connectivity index (χ0v) is 20.1. The highest BCUT2D eigenvalue weighted by molar-refractivity contribution is 7.89. The molecule has 0 spiro atoms. The van der Waals surface area contributed by atoms with E-state index in [-0.39, 0.29) is 34.9 Å². The first-order valence-corrected chi connectivity index (χ1v) is 12.1. The molecule has 9 heteroatoms. The number of carboxylic acids is 1. The molecule has 1 heterocycles. The van der Waals surface area contributed by atoms with Gasteiger partial charge in [0, 0.05) is 25.5 Å². The number of aliphatic carboxylic acids is 1. The van der Waals surface area contributed by atoms with Crippen LogP contribution in [0.2, 0.25) is 0 Å². The van der Waals surface area contributed by atoms with Crippen molar-refractivity contribution in [2.24, 2.45) is 0 Å². The average Bonchev–Trinajstić information content (AvgIpc) is 2.79. The molecule has 180 valence electrons. The number of phenolic OH excluding ortho intramolecular Hbond substituents is 1. The van der Waals surface area contributed by atoms with E-state index >= 15 is 0 Å². The van der Waals surface area contributed by atoms with Crippen LogP contribution in [0.3, 0.4) is 0 Å². The van der Waals surface area contributed by atoms with Gasteiger partial charge in [0.2, 0.25) is 10.0 Å². The van der Waals surface area contributed by atoms with Crippen molar-refractivity contribution in [3.8, 4) is 11.5 Å². The van der Waals surface area contributed by atoms with Gasteiger partial charge in [-0.05, 0) is 46.4 Å². The standard InChI is InChI=1S/C25H28N2O6S/c1-25(2,3)20-9-6-18(7-10-20)15-27(34(31,32)21-5-4-12-26-14-21)16-19-8-11-22(28)23(13-19)33-17-24(29)30/h4-14,28H,15-17H2,1-3H3,(H,29,30). The average molecular weight is 485 g/mol. The molecule has 3 aromatic rings. The van der Waals surface area contributed by atoms with E-state index in [4.69, 9.17) is 9.84 Å². The van der Waals surface area contributed by atoms with E-state index in [9.17, 15) is 18.3 Å². The summed E-state index contributed by atoms with van der Waals surface area (Å²) in [5, 5.41) is 18.8. The molecule has 0 saturated heterocycles. The maximum Gasteiger partial charge on any atom is 0.341 e. The second kappa shape index (κ2) is 10.2. The second-order valence-corrected chi connectivity index (χ2v) is 10.8. The molecular weight excluding hydrogens is 456 g/mol. The molecule has 8 nitrogen and oxygen atoms in total. The summed E-state index contributed by atoms with van der Waals surface area (Å²) in [5.41, 5.74) is 2.44. The van der Waals surface area contributed by atoms with Crippen LogP contribution in [0.1, 0.15) is 37.5 Å². The minimum atomic E-state index is -3.91. The number of hydrogen-bond acceptors (Lipinski definition) is 6. The van der Waals surface area contributed by atoms with Crippen molar-refractivity contribution in [2.45, 2.75) is 44.2 Å². The Bertz CT molecular complexity index is 1240. The summed E-state index contributed by atoms with van der Waals surface area (Å²) in [5.74, 6) is -1.46. The van der Waals surface area contributed by atoms with Crippen molar-refractivity contribution in [1.29, 1.82) is 0 Å². The van der Waals surface area contributed by atoms with Crippen LogP contribution in [0.25, 0.3) is 0 Å². The smallest absolute Gasteiger partial charge is 0.341 e. The molecule has 2 N–H and O–H groups in total. The predicted octanol–water partition coefficient (Wildman–Crippen LogP) is 3.94. The Balaban J connectivity index is 1.94. The Labute approximate surface area is 199 Å². The van der Waals surface area contributed by atoms with Crippen LogP contribution in [0.15, 0.2) is 71.9 Å². The van der Waals surface area contributed by atoms with Gasteiger partial charge in [-0.15, -0.1) is 0 Å². The zero-order valence-electron chi connectivity index (χ0n) is 19.3. The Kier molecular flexibility index (Phi) is 7.58. The van der Waals surface area contributed by atoms with Gasteiger partial charge in [0.15, 0.2) is 18.1 Å². The van der Waals surface area contributed by atoms with E-state index in [1.807, 2.05) is 24.3 Å². The molecule has 0 atom stereocenters. The predicted molar refractivity (Wildman–Crippen MR) is 127 cm³/mol. The number of rotatable bonds is 9. The Morgan fingerprint density at radius 3 is 2.26 bits per heavy atom. The molecule has 0 aliphatic carbocycles. The minimum Gasteiger partial charge on any atom is -0.504 e. The summed E-state index contributed by atoms with van der Waals surface area (Å²) < 4.78 is 33.4. The van der Waals surface area contributed by atoms with Crippen LogP contribution < -0.4 is 4.74 Å². The van der Waals surface area contributed by atoms with Crippen LogP contribution >= 0.6 is 0 Å². The number of sulfonamides is 1. The van der Waals surface area contributed by atoms with E-state index in [2.05, 4.69) is 25.8 Å². The van der Waals surface area contributed by atoms with Gasteiger partial charge in [-0.1, -0.05) is 51.1 Å². The van der Waals surface area contributed by atoms with Gasteiger partial charge < -0.3 is 14.9 Å². The van der Waals surface area contributed by atoms with Crippen molar-refractivity contribution >= 4 is 16.0 Å². The fourth-order valence-electron chi connectivity index (χ4n) is 3.30. The van der Waals surface area contributed by atoms with Gasteiger partial charge in [-0.25, -0.2) is 13.2 Å². The lowest BCUT2D eigenvalue weighted by Gasteiger charge is -2.24. The van der Waals surface area contributed by atoms with Crippen molar-refractivity contribution < 1.29 is 28.2 Å². The molecule has 0 fully saturated rings. The van der Waals surface area contributed by atoms with Gasteiger partial charge in [0.1, 0.15) is 4.90 Å². The first kappa shape index (κ1) is 25.2. The van der Waals surface area contributed by atoms with Gasteiger partial charge in [0.25, 0.3) is 0 Å². The van der Waals surface area contributed by atoms with E-state index < -0.39 is 22.6 Å². The zero-order chi connectivity index (χ0) is 24.9. The van der Waals surface area contributed by atoms with E-state index in [0.717, 1.165) is 11.1 Å². The lowest BCUT2D eigenvalue weighted by Crippen LogP contribution is -2.30. The fourth-order valence-corrected chi connectivity index (χ4v) is 4.68. The number of carbonyl (C=O) groups is 1. The quantitative estimate of drug-likeness (QED) is 0.472.